The van der Waals surface area contributed by atoms with Crippen molar-refractivity contribution in [3.8, 4) is 5.75 Å². The van der Waals surface area contributed by atoms with Crippen LogP contribution in [0.2, 0.25) is 0 Å². The van der Waals surface area contributed by atoms with Gasteiger partial charge in [-0.2, -0.15) is 0 Å². The van der Waals surface area contributed by atoms with Gasteiger partial charge < -0.3 is 15.1 Å². The summed E-state index contributed by atoms with van der Waals surface area (Å²) < 4.78 is 5.17. The third-order valence-electron chi connectivity index (χ3n) is 3.18. The van der Waals surface area contributed by atoms with E-state index in [1.54, 1.807) is 7.11 Å². The van der Waals surface area contributed by atoms with Crippen molar-refractivity contribution in [2.24, 2.45) is 5.84 Å². The molecule has 1 aromatic heterocycles. The first-order valence-electron chi connectivity index (χ1n) is 6.90. The molecule has 0 amide bonds. The molecule has 0 saturated carbocycles. The molecule has 0 aliphatic carbocycles. The fourth-order valence-electron chi connectivity index (χ4n) is 2.00. The zero-order valence-electron chi connectivity index (χ0n) is 12.6. The molecule has 0 aliphatic rings. The fourth-order valence-corrected chi connectivity index (χ4v) is 2.00. The molecule has 0 saturated heterocycles. The maximum atomic E-state index is 5.49. The van der Waals surface area contributed by atoms with Crippen LogP contribution < -0.4 is 20.9 Å². The second kappa shape index (κ2) is 6.90. The first kappa shape index (κ1) is 15.1. The molecule has 0 aliphatic heterocycles. The molecule has 0 fully saturated rings. The molecule has 6 heteroatoms. The quantitative estimate of drug-likeness (QED) is 0.628. The summed E-state index contributed by atoms with van der Waals surface area (Å²) in [5.74, 6) is 8.50. The van der Waals surface area contributed by atoms with E-state index in [4.69, 9.17) is 10.6 Å². The van der Waals surface area contributed by atoms with E-state index in [0.29, 0.717) is 5.82 Å². The largest absolute Gasteiger partial charge is 0.497 e. The first-order chi connectivity index (χ1) is 10.2. The highest BCUT2D eigenvalue weighted by molar-refractivity contribution is 5.62. The van der Waals surface area contributed by atoms with E-state index < -0.39 is 0 Å². The Morgan fingerprint density at radius 2 is 1.95 bits per heavy atom. The maximum absolute atomic E-state index is 5.49. The Kier molecular flexibility index (Phi) is 4.94. The second-order valence-corrected chi connectivity index (χ2v) is 4.68. The number of aromatic nitrogens is 2. The number of benzene rings is 1. The van der Waals surface area contributed by atoms with Crippen molar-refractivity contribution in [1.29, 1.82) is 0 Å². The summed E-state index contributed by atoms with van der Waals surface area (Å²) >= 11 is 0. The third-order valence-corrected chi connectivity index (χ3v) is 3.18. The number of hydrogen-bond acceptors (Lipinski definition) is 6. The van der Waals surface area contributed by atoms with Crippen LogP contribution in [0.3, 0.4) is 0 Å². The third kappa shape index (κ3) is 3.61. The number of hydrogen-bond donors (Lipinski definition) is 2. The van der Waals surface area contributed by atoms with Gasteiger partial charge in [0.25, 0.3) is 0 Å². The second-order valence-electron chi connectivity index (χ2n) is 4.68. The van der Waals surface area contributed by atoms with Gasteiger partial charge in [-0.15, -0.1) is 0 Å². The lowest BCUT2D eigenvalue weighted by atomic mass is 10.2. The van der Waals surface area contributed by atoms with Crippen LogP contribution in [0, 0.1) is 0 Å². The van der Waals surface area contributed by atoms with Gasteiger partial charge in [-0.3, -0.25) is 0 Å². The molecule has 21 heavy (non-hydrogen) atoms. The molecule has 112 valence electrons. The molecule has 0 atom stereocenters. The lowest BCUT2D eigenvalue weighted by Crippen LogP contribution is -2.16. The van der Waals surface area contributed by atoms with Gasteiger partial charge in [0.1, 0.15) is 23.2 Å². The Morgan fingerprint density at radius 1 is 1.24 bits per heavy atom. The van der Waals surface area contributed by atoms with Crippen molar-refractivity contribution in [2.45, 2.75) is 19.8 Å². The van der Waals surface area contributed by atoms with E-state index in [1.807, 2.05) is 42.3 Å². The number of aryl methyl sites for hydroxylation is 1. The molecule has 1 heterocycles. The highest BCUT2D eigenvalue weighted by Gasteiger charge is 2.10. The van der Waals surface area contributed by atoms with Crippen molar-refractivity contribution in [3.63, 3.8) is 0 Å². The van der Waals surface area contributed by atoms with Gasteiger partial charge in [-0.25, -0.2) is 15.8 Å². The average molecular weight is 287 g/mol. The summed E-state index contributed by atoms with van der Waals surface area (Å²) in [5.41, 5.74) is 3.61. The molecular formula is C15H21N5O. The Labute approximate surface area is 124 Å². The van der Waals surface area contributed by atoms with E-state index in [1.165, 1.54) is 0 Å². The number of anilines is 3. The van der Waals surface area contributed by atoms with Crippen LogP contribution in [0.25, 0.3) is 0 Å². The number of methoxy groups -OCH3 is 1. The number of hydrazine groups is 1. The van der Waals surface area contributed by atoms with Crippen LogP contribution in [-0.4, -0.2) is 24.1 Å². The standard InChI is InChI=1S/C15H21N5O/c1-4-5-13-17-14(19-16)10-15(18-13)20(2)11-6-8-12(21-3)9-7-11/h6-10H,4-5,16H2,1-3H3,(H,17,18,19). The van der Waals surface area contributed by atoms with Gasteiger partial charge in [-0.05, 0) is 30.7 Å². The van der Waals surface area contributed by atoms with Crippen LogP contribution in [0.1, 0.15) is 19.2 Å². The molecule has 0 bridgehead atoms. The van der Waals surface area contributed by atoms with Gasteiger partial charge in [-0.1, -0.05) is 6.92 Å². The summed E-state index contributed by atoms with van der Waals surface area (Å²) in [6, 6.07) is 9.62. The SMILES string of the molecule is CCCc1nc(NN)cc(N(C)c2ccc(OC)cc2)n1. The van der Waals surface area contributed by atoms with Crippen molar-refractivity contribution >= 4 is 17.3 Å². The van der Waals surface area contributed by atoms with Crippen molar-refractivity contribution < 1.29 is 4.74 Å². The Bertz CT molecular complexity index is 585. The van der Waals surface area contributed by atoms with Gasteiger partial charge in [0.2, 0.25) is 0 Å². The van der Waals surface area contributed by atoms with Crippen LogP contribution in [0.5, 0.6) is 5.75 Å². The minimum atomic E-state index is 0.615. The minimum Gasteiger partial charge on any atom is -0.497 e. The van der Waals surface area contributed by atoms with Crippen LogP contribution in [-0.2, 0) is 6.42 Å². The highest BCUT2D eigenvalue weighted by atomic mass is 16.5. The molecule has 0 spiro atoms. The Hall–Kier alpha value is -2.34. The number of ether oxygens (including phenoxy) is 1. The van der Waals surface area contributed by atoms with Gasteiger partial charge in [0.15, 0.2) is 0 Å². The number of rotatable bonds is 6. The summed E-state index contributed by atoms with van der Waals surface area (Å²) in [5, 5.41) is 0. The molecule has 2 aromatic rings. The summed E-state index contributed by atoms with van der Waals surface area (Å²) in [6.45, 7) is 2.10. The fraction of sp³-hybridized carbons (Fsp3) is 0.333. The van der Waals surface area contributed by atoms with Crippen LogP contribution >= 0.6 is 0 Å². The van der Waals surface area contributed by atoms with Crippen LogP contribution in [0.4, 0.5) is 17.3 Å². The summed E-state index contributed by atoms with van der Waals surface area (Å²) in [7, 11) is 3.61. The highest BCUT2D eigenvalue weighted by Crippen LogP contribution is 2.25. The number of nitrogens with one attached hydrogen (secondary N) is 1. The predicted molar refractivity (Wildman–Crippen MR) is 84.9 cm³/mol. The molecule has 1 aromatic carbocycles. The maximum Gasteiger partial charge on any atom is 0.145 e. The van der Waals surface area contributed by atoms with Gasteiger partial charge in [0.05, 0.1) is 7.11 Å². The molecule has 0 unspecified atom stereocenters. The Morgan fingerprint density at radius 3 is 2.52 bits per heavy atom. The zero-order valence-corrected chi connectivity index (χ0v) is 12.6. The van der Waals surface area contributed by atoms with Crippen molar-refractivity contribution in [1.82, 2.24) is 9.97 Å². The lowest BCUT2D eigenvalue weighted by Gasteiger charge is -2.20. The topological polar surface area (TPSA) is 76.3 Å². The van der Waals surface area contributed by atoms with Crippen molar-refractivity contribution in [2.75, 3.05) is 24.5 Å². The van der Waals surface area contributed by atoms with E-state index in [2.05, 4.69) is 22.3 Å². The summed E-state index contributed by atoms with van der Waals surface area (Å²) in [6.07, 6.45) is 1.80. The van der Waals surface area contributed by atoms with E-state index >= 15 is 0 Å². The molecule has 6 nitrogen and oxygen atoms in total. The normalized spacial score (nSPS) is 10.3. The Balaban J connectivity index is 2.31. The molecule has 0 radical (unpaired) electrons. The van der Waals surface area contributed by atoms with E-state index in [0.717, 1.165) is 35.9 Å². The van der Waals surface area contributed by atoms with E-state index in [9.17, 15) is 0 Å². The first-order valence-corrected chi connectivity index (χ1v) is 6.90. The van der Waals surface area contributed by atoms with Gasteiger partial charge in [0, 0.05) is 25.2 Å². The molecule has 3 N–H and O–H groups in total. The minimum absolute atomic E-state index is 0.615. The van der Waals surface area contributed by atoms with Gasteiger partial charge >= 0.3 is 0 Å². The number of nitrogens with zero attached hydrogens (tertiary/aromatic N) is 3. The molecule has 2 rings (SSSR count). The van der Waals surface area contributed by atoms with Crippen LogP contribution in [0.15, 0.2) is 30.3 Å². The smallest absolute Gasteiger partial charge is 0.145 e. The lowest BCUT2D eigenvalue weighted by molar-refractivity contribution is 0.415. The average Bonchev–Trinajstić information content (AvgIpc) is 2.54. The summed E-state index contributed by atoms with van der Waals surface area (Å²) in [4.78, 5) is 10.9. The van der Waals surface area contributed by atoms with E-state index in [-0.39, 0.29) is 0 Å². The predicted octanol–water partition coefficient (Wildman–Crippen LogP) is 2.49. The zero-order chi connectivity index (χ0) is 15.2. The number of nitrogen functional groups attached to an aromatic ring is 1. The number of nitrogens with two attached hydrogens (primary N) is 1. The van der Waals surface area contributed by atoms with Crippen molar-refractivity contribution in [3.05, 3.63) is 36.2 Å². The monoisotopic (exact) mass is 287 g/mol. The molecular weight excluding hydrogens is 266 g/mol.